The van der Waals surface area contributed by atoms with E-state index in [4.69, 9.17) is 18.9 Å². The van der Waals surface area contributed by atoms with Crippen LogP contribution in [0, 0.1) is 0 Å². The maximum atomic E-state index is 13.4. The first kappa shape index (κ1) is 65.0. The number of unbranched alkanes of at least 4 members (excludes halogenated alkanes) is 30. The van der Waals surface area contributed by atoms with Crippen molar-refractivity contribution in [3.8, 4) is 0 Å². The number of carbonyl (C=O) groups excluding carboxylic acids is 1. The van der Waals surface area contributed by atoms with Gasteiger partial charge in [0, 0.05) is 0 Å². The Morgan fingerprint density at radius 3 is 1.23 bits per heavy atom. The molecule has 2 aliphatic rings. The second kappa shape index (κ2) is 41.2. The Bertz CT molecular complexity index is 1220. The second-order valence-corrected chi connectivity index (χ2v) is 20.7. The van der Waals surface area contributed by atoms with Crippen molar-refractivity contribution < 1.29 is 74.8 Å². The van der Waals surface area contributed by atoms with Gasteiger partial charge in [0.25, 0.3) is 0 Å². The van der Waals surface area contributed by atoms with Gasteiger partial charge in [-0.3, -0.25) is 4.79 Å². The fraction of sp³-hybridized carbons (Fsp3) is 0.981. The summed E-state index contributed by atoms with van der Waals surface area (Å²) in [6.07, 6.45) is 17.8. The summed E-state index contributed by atoms with van der Waals surface area (Å²) in [5.74, 6) is -0.773. The largest absolute Gasteiger partial charge is 0.394 e. The summed E-state index contributed by atoms with van der Waals surface area (Å²) in [6, 6.07) is -1.31. The summed E-state index contributed by atoms with van der Waals surface area (Å²) < 4.78 is 22.9. The van der Waals surface area contributed by atoms with Crippen LogP contribution in [0.15, 0.2) is 0 Å². The minimum atomic E-state index is -1.87. The van der Waals surface area contributed by atoms with Gasteiger partial charge in [-0.15, -0.1) is 0 Å². The number of hydrogen-bond acceptors (Lipinski definition) is 15. The summed E-state index contributed by atoms with van der Waals surface area (Å²) in [4.78, 5) is 13.4. The Balaban J connectivity index is 1.89. The third-order valence-corrected chi connectivity index (χ3v) is 14.5. The number of rotatable bonds is 45. The molecule has 2 rings (SSSR count). The van der Waals surface area contributed by atoms with Crippen LogP contribution in [0.5, 0.6) is 0 Å². The Kier molecular flexibility index (Phi) is 38.3. The lowest BCUT2D eigenvalue weighted by atomic mass is 9.97. The molecule has 10 unspecified atom stereocenters. The lowest BCUT2D eigenvalue weighted by Crippen LogP contribution is -2.65. The SMILES string of the molecule is CCCCCCCCCCCCCCCCCCCCCC[C@@H](O)C(=O)N[C@@H](COC1OC(CO)C(O)C(O)C1OC1OC(CO)C(O)C(O)C1O)[C@H](O)[C@H](O)CCCCCCCCCCCCCC. The Hall–Kier alpha value is -1.09. The molecule has 0 radical (unpaired) electrons. The first-order valence-corrected chi connectivity index (χ1v) is 28.5. The molecule has 0 spiro atoms. The smallest absolute Gasteiger partial charge is 0.249 e. The molecule has 70 heavy (non-hydrogen) atoms. The zero-order valence-corrected chi connectivity index (χ0v) is 43.8. The normalized spacial score (nSPS) is 26.8. The average Bonchev–Trinajstić information content (AvgIpc) is 3.36. The third kappa shape index (κ3) is 26.9. The number of ether oxygens (including phenoxy) is 4. The van der Waals surface area contributed by atoms with Gasteiger partial charge < -0.3 is 75.3 Å². The van der Waals surface area contributed by atoms with E-state index in [9.17, 15) is 55.9 Å². The number of hydrogen-bond donors (Lipinski definition) is 11. The van der Waals surface area contributed by atoms with Crippen molar-refractivity contribution in [2.45, 2.75) is 318 Å². The van der Waals surface area contributed by atoms with Crippen LogP contribution >= 0.6 is 0 Å². The van der Waals surface area contributed by atoms with Gasteiger partial charge in [0.05, 0.1) is 32.0 Å². The highest BCUT2D eigenvalue weighted by atomic mass is 16.8. The average molecular weight is 1010 g/mol. The van der Waals surface area contributed by atoms with E-state index in [0.717, 1.165) is 51.4 Å². The van der Waals surface area contributed by atoms with E-state index in [0.29, 0.717) is 12.8 Å². The predicted octanol–water partition coefficient (Wildman–Crippen LogP) is 6.50. The molecule has 2 aliphatic heterocycles. The standard InChI is InChI=1S/C54H105NO15/c1-3-5-7-9-11-13-15-17-18-19-20-21-22-23-24-26-28-30-32-34-36-42(59)52(66)55-40(45(60)41(58)35-33-31-29-27-25-16-14-12-10-8-6-4-2)39-67-54-51(49(64)47(62)44(38-57)69-54)70-53-50(65)48(63)46(61)43(37-56)68-53/h40-51,53-54,56-65H,3-39H2,1-2H3,(H,55,66)/t40-,41+,42+,43?,44?,45-,46?,47?,48?,49?,50?,51?,53?,54?/m0/s1. The van der Waals surface area contributed by atoms with Crippen molar-refractivity contribution in [3.05, 3.63) is 0 Å². The van der Waals surface area contributed by atoms with Crippen molar-refractivity contribution >= 4 is 5.91 Å². The molecule has 2 heterocycles. The van der Waals surface area contributed by atoms with E-state index in [1.54, 1.807) is 0 Å². The molecule has 416 valence electrons. The molecular formula is C54H105NO15. The molecule has 2 fully saturated rings. The Morgan fingerprint density at radius 1 is 0.471 bits per heavy atom. The molecule has 0 saturated carbocycles. The van der Waals surface area contributed by atoms with Crippen LogP contribution in [0.2, 0.25) is 0 Å². The Morgan fingerprint density at radius 2 is 0.829 bits per heavy atom. The molecule has 0 bridgehead atoms. The first-order valence-electron chi connectivity index (χ1n) is 28.5. The summed E-state index contributed by atoms with van der Waals surface area (Å²) in [5, 5.41) is 109. The molecule has 0 aromatic carbocycles. The summed E-state index contributed by atoms with van der Waals surface area (Å²) in [6.45, 7) is 2.41. The summed E-state index contributed by atoms with van der Waals surface area (Å²) in [5.41, 5.74) is 0. The van der Waals surface area contributed by atoms with Gasteiger partial charge in [-0.2, -0.15) is 0 Å². The minimum Gasteiger partial charge on any atom is -0.394 e. The third-order valence-electron chi connectivity index (χ3n) is 14.5. The van der Waals surface area contributed by atoms with Crippen molar-refractivity contribution in [2.24, 2.45) is 0 Å². The number of aliphatic hydroxyl groups is 10. The van der Waals surface area contributed by atoms with Gasteiger partial charge in [0.1, 0.15) is 61.0 Å². The predicted molar refractivity (Wildman–Crippen MR) is 271 cm³/mol. The lowest BCUT2D eigenvalue weighted by Gasteiger charge is -2.46. The summed E-state index contributed by atoms with van der Waals surface area (Å²) in [7, 11) is 0. The number of nitrogens with one attached hydrogen (secondary N) is 1. The highest BCUT2D eigenvalue weighted by Gasteiger charge is 2.51. The number of carbonyl (C=O) groups is 1. The fourth-order valence-electron chi connectivity index (χ4n) is 9.73. The van der Waals surface area contributed by atoms with Crippen LogP contribution in [-0.2, 0) is 23.7 Å². The number of aliphatic hydroxyl groups excluding tert-OH is 10. The minimum absolute atomic E-state index is 0.193. The molecule has 11 N–H and O–H groups in total. The fourth-order valence-corrected chi connectivity index (χ4v) is 9.73. The number of amides is 1. The van der Waals surface area contributed by atoms with Gasteiger partial charge in [-0.25, -0.2) is 0 Å². The van der Waals surface area contributed by atoms with Gasteiger partial charge in [0.2, 0.25) is 5.91 Å². The van der Waals surface area contributed by atoms with E-state index in [1.165, 1.54) is 141 Å². The maximum Gasteiger partial charge on any atom is 0.249 e. The van der Waals surface area contributed by atoms with E-state index >= 15 is 0 Å². The topological polar surface area (TPSA) is 268 Å². The van der Waals surface area contributed by atoms with Gasteiger partial charge >= 0.3 is 0 Å². The summed E-state index contributed by atoms with van der Waals surface area (Å²) >= 11 is 0. The lowest BCUT2D eigenvalue weighted by molar-refractivity contribution is -0.368. The quantitative estimate of drug-likeness (QED) is 0.0291. The molecule has 1 amide bonds. The highest BCUT2D eigenvalue weighted by molar-refractivity contribution is 5.80. The van der Waals surface area contributed by atoms with Crippen molar-refractivity contribution in [2.75, 3.05) is 19.8 Å². The van der Waals surface area contributed by atoms with Crippen LogP contribution in [0.3, 0.4) is 0 Å². The van der Waals surface area contributed by atoms with Crippen molar-refractivity contribution in [3.63, 3.8) is 0 Å². The molecule has 2 saturated heterocycles. The zero-order valence-electron chi connectivity index (χ0n) is 43.8. The Labute approximate surface area is 422 Å². The van der Waals surface area contributed by atoms with Gasteiger partial charge in [0.15, 0.2) is 12.6 Å². The van der Waals surface area contributed by atoms with Crippen LogP contribution in [-0.4, -0.2) is 163 Å². The van der Waals surface area contributed by atoms with E-state index in [2.05, 4.69) is 19.2 Å². The molecule has 16 nitrogen and oxygen atoms in total. The van der Waals surface area contributed by atoms with E-state index < -0.39 is 111 Å². The van der Waals surface area contributed by atoms with E-state index in [1.807, 2.05) is 0 Å². The maximum absolute atomic E-state index is 13.4. The van der Waals surface area contributed by atoms with Crippen LogP contribution in [0.1, 0.15) is 232 Å². The molecular weight excluding hydrogens is 903 g/mol. The van der Waals surface area contributed by atoms with Crippen molar-refractivity contribution in [1.29, 1.82) is 0 Å². The van der Waals surface area contributed by atoms with Crippen LogP contribution < -0.4 is 5.32 Å². The van der Waals surface area contributed by atoms with Crippen molar-refractivity contribution in [1.82, 2.24) is 5.32 Å². The first-order chi connectivity index (χ1) is 33.9. The molecule has 14 atom stereocenters. The van der Waals surface area contributed by atoms with Crippen LogP contribution in [0.25, 0.3) is 0 Å². The highest BCUT2D eigenvalue weighted by Crippen LogP contribution is 2.30. The second-order valence-electron chi connectivity index (χ2n) is 20.7. The zero-order chi connectivity index (χ0) is 51.4. The van der Waals surface area contributed by atoms with Gasteiger partial charge in [-0.05, 0) is 12.8 Å². The molecule has 0 aromatic heterocycles. The van der Waals surface area contributed by atoms with Gasteiger partial charge in [-0.1, -0.05) is 219 Å². The molecule has 16 heteroatoms. The molecule has 0 aliphatic carbocycles. The monoisotopic (exact) mass is 1010 g/mol. The van der Waals surface area contributed by atoms with E-state index in [-0.39, 0.29) is 12.8 Å². The molecule has 0 aromatic rings. The van der Waals surface area contributed by atoms with Crippen LogP contribution in [0.4, 0.5) is 0 Å².